The quantitative estimate of drug-likeness (QED) is 0.221. The Morgan fingerprint density at radius 2 is 1.84 bits per heavy atom. The van der Waals surface area contributed by atoms with E-state index in [4.69, 9.17) is 10.5 Å². The summed E-state index contributed by atoms with van der Waals surface area (Å²) in [6.07, 6.45) is -5.18. The molecule has 15 heteroatoms. The zero-order chi connectivity index (χ0) is 27.0. The number of phenols is 1. The number of nitrogens with one attached hydrogen (secondary N) is 2. The Kier molecular flexibility index (Phi) is 6.66. The number of carbonyl (C=O) groups is 1. The number of aliphatic hydroxyl groups excluding tert-OH is 1. The van der Waals surface area contributed by atoms with E-state index in [2.05, 4.69) is 19.7 Å². The number of benzene rings is 2. The number of halogens is 1. The molecule has 0 saturated carbocycles. The third-order valence-corrected chi connectivity index (χ3v) is 6.90. The Morgan fingerprint density at radius 1 is 1.13 bits per heavy atom. The van der Waals surface area contributed by atoms with Crippen molar-refractivity contribution in [1.82, 2.24) is 29.0 Å². The summed E-state index contributed by atoms with van der Waals surface area (Å²) in [5.74, 6) is -1.16. The van der Waals surface area contributed by atoms with Gasteiger partial charge in [0.25, 0.3) is 5.91 Å². The van der Waals surface area contributed by atoms with E-state index in [9.17, 15) is 23.4 Å². The number of carbonyl (C=O) groups excluding carboxylic acids is 1. The first-order chi connectivity index (χ1) is 18.1. The van der Waals surface area contributed by atoms with Crippen molar-refractivity contribution in [2.75, 3.05) is 12.3 Å². The highest BCUT2D eigenvalue weighted by Crippen LogP contribution is 2.34. The van der Waals surface area contributed by atoms with Crippen LogP contribution in [0.3, 0.4) is 0 Å². The molecule has 38 heavy (non-hydrogen) atoms. The van der Waals surface area contributed by atoms with Gasteiger partial charge in [0.2, 0.25) is 0 Å². The van der Waals surface area contributed by atoms with Crippen molar-refractivity contribution in [3.05, 3.63) is 66.5 Å². The van der Waals surface area contributed by atoms with Crippen molar-refractivity contribution < 1.29 is 32.6 Å². The number of fused-ring (bicyclic) bond motifs is 1. The van der Waals surface area contributed by atoms with E-state index >= 15 is 4.39 Å². The van der Waals surface area contributed by atoms with Gasteiger partial charge in [-0.25, -0.2) is 24.1 Å². The number of anilines is 1. The van der Waals surface area contributed by atoms with Gasteiger partial charge in [-0.3, -0.25) is 9.36 Å². The van der Waals surface area contributed by atoms with Gasteiger partial charge in [-0.15, -0.1) is 0 Å². The van der Waals surface area contributed by atoms with Gasteiger partial charge in [0.15, 0.2) is 29.7 Å². The summed E-state index contributed by atoms with van der Waals surface area (Å²) in [5.41, 5.74) is 6.81. The van der Waals surface area contributed by atoms with Crippen LogP contribution in [0.5, 0.6) is 5.75 Å². The number of rotatable bonds is 7. The molecule has 4 aromatic rings. The molecular formula is C23H22FN7O6S. The number of aromatic nitrogens is 4. The summed E-state index contributed by atoms with van der Waals surface area (Å²) in [7, 11) is -4.45. The van der Waals surface area contributed by atoms with Crippen LogP contribution in [0.2, 0.25) is 0 Å². The number of aromatic hydroxyl groups is 1. The summed E-state index contributed by atoms with van der Waals surface area (Å²) in [6.45, 7) is -0.569. The first-order valence-electron chi connectivity index (χ1n) is 11.3. The second kappa shape index (κ2) is 9.94. The Bertz CT molecular complexity index is 1600. The van der Waals surface area contributed by atoms with Crippen molar-refractivity contribution in [1.29, 1.82) is 0 Å². The standard InChI is InChI=1S/C23H22FN7O6S/c24-16-18(33)15(10-27-38(35,36)30-22(34)13-8-4-5-9-14(13)32)37-23(16)31-11-26-17-19(25)28-20(29-21(17)31)12-6-2-1-3-7-12/h1-9,11,15-16,18,23,27,32-33H,10H2,(H,30,34)(H2,25,28,29)/t15-,16?,18?,23-/m1/s1. The summed E-state index contributed by atoms with van der Waals surface area (Å²) >= 11 is 0. The first-order valence-corrected chi connectivity index (χ1v) is 12.8. The highest BCUT2D eigenvalue weighted by Gasteiger charge is 2.46. The average Bonchev–Trinajstić information content (AvgIpc) is 3.44. The SMILES string of the molecule is Nc1nc(-c2ccccc2)nc2c1ncn2[C@@H]1O[C@H](CNS(=O)(=O)NC(=O)c2ccccc2O)C(O)C1F. The molecule has 1 amide bonds. The predicted octanol–water partition coefficient (Wildman–Crippen LogP) is 0.642. The van der Waals surface area contributed by atoms with Gasteiger partial charge in [-0.1, -0.05) is 42.5 Å². The lowest BCUT2D eigenvalue weighted by atomic mass is 10.1. The topological polar surface area (TPSA) is 195 Å². The maximum Gasteiger partial charge on any atom is 0.301 e. The minimum Gasteiger partial charge on any atom is -0.507 e. The number of hydrogen-bond donors (Lipinski definition) is 5. The molecule has 6 N–H and O–H groups in total. The number of ether oxygens (including phenoxy) is 1. The molecule has 0 radical (unpaired) electrons. The van der Waals surface area contributed by atoms with Gasteiger partial charge in [0.1, 0.15) is 23.5 Å². The third kappa shape index (κ3) is 4.87. The van der Waals surface area contributed by atoms with E-state index in [1.54, 1.807) is 29.0 Å². The van der Waals surface area contributed by atoms with Gasteiger partial charge < -0.3 is 20.7 Å². The van der Waals surface area contributed by atoms with Crippen molar-refractivity contribution in [3.8, 4) is 17.1 Å². The summed E-state index contributed by atoms with van der Waals surface area (Å²) < 4.78 is 50.6. The van der Waals surface area contributed by atoms with E-state index in [0.29, 0.717) is 5.56 Å². The number of aliphatic hydroxyl groups is 1. The Morgan fingerprint density at radius 3 is 2.58 bits per heavy atom. The second-order valence-electron chi connectivity index (χ2n) is 8.42. The first kappa shape index (κ1) is 25.5. The van der Waals surface area contributed by atoms with Gasteiger partial charge in [-0.05, 0) is 12.1 Å². The highest BCUT2D eigenvalue weighted by molar-refractivity contribution is 7.88. The van der Waals surface area contributed by atoms with Crippen LogP contribution in [0.4, 0.5) is 10.2 Å². The van der Waals surface area contributed by atoms with Gasteiger partial charge in [0, 0.05) is 12.1 Å². The molecule has 1 aliphatic heterocycles. The molecule has 3 heterocycles. The lowest BCUT2D eigenvalue weighted by Crippen LogP contribution is -2.45. The fraction of sp³-hybridized carbons (Fsp3) is 0.217. The number of nitrogen functional groups attached to an aromatic ring is 1. The maximum atomic E-state index is 15.2. The number of phenolic OH excluding ortho intramolecular Hbond substituents is 1. The lowest BCUT2D eigenvalue weighted by Gasteiger charge is -2.16. The van der Waals surface area contributed by atoms with Gasteiger partial charge in [0.05, 0.1) is 11.9 Å². The Labute approximate surface area is 215 Å². The zero-order valence-corrected chi connectivity index (χ0v) is 20.3. The van der Waals surface area contributed by atoms with Crippen LogP contribution in [0.1, 0.15) is 16.6 Å². The summed E-state index contributed by atoms with van der Waals surface area (Å²) in [5, 5.41) is 20.2. The number of nitrogens with zero attached hydrogens (tertiary/aromatic N) is 4. The minimum absolute atomic E-state index is 0.0612. The second-order valence-corrected chi connectivity index (χ2v) is 9.92. The van der Waals surface area contributed by atoms with Crippen molar-refractivity contribution in [2.24, 2.45) is 0 Å². The number of hydrogen-bond acceptors (Lipinski definition) is 10. The van der Waals surface area contributed by atoms with Crippen molar-refractivity contribution in [2.45, 2.75) is 24.6 Å². The highest BCUT2D eigenvalue weighted by atomic mass is 32.2. The molecule has 1 saturated heterocycles. The van der Waals surface area contributed by atoms with E-state index in [1.165, 1.54) is 35.2 Å². The fourth-order valence-corrected chi connectivity index (χ4v) is 4.82. The van der Waals surface area contributed by atoms with Crippen LogP contribution >= 0.6 is 0 Å². The molecule has 198 valence electrons. The molecule has 0 spiro atoms. The van der Waals surface area contributed by atoms with Crippen LogP contribution in [-0.4, -0.2) is 69.0 Å². The monoisotopic (exact) mass is 543 g/mol. The summed E-state index contributed by atoms with van der Waals surface area (Å²) in [6, 6.07) is 14.3. The van der Waals surface area contributed by atoms with Crippen molar-refractivity contribution >= 4 is 33.1 Å². The molecule has 1 aliphatic rings. The largest absolute Gasteiger partial charge is 0.507 e. The molecule has 13 nitrogen and oxygen atoms in total. The Balaban J connectivity index is 1.33. The normalized spacial score (nSPS) is 21.5. The number of imidazole rings is 1. The number of alkyl halides is 1. The summed E-state index contributed by atoms with van der Waals surface area (Å²) in [4.78, 5) is 25.1. The van der Waals surface area contributed by atoms with Crippen LogP contribution in [0.25, 0.3) is 22.6 Å². The maximum absolute atomic E-state index is 15.2. The predicted molar refractivity (Wildman–Crippen MR) is 132 cm³/mol. The molecule has 0 bridgehead atoms. The third-order valence-electron chi connectivity index (χ3n) is 5.90. The Hall–Kier alpha value is -4.18. The molecule has 0 aliphatic carbocycles. The molecular weight excluding hydrogens is 521 g/mol. The van der Waals surface area contributed by atoms with Crippen LogP contribution < -0.4 is 15.2 Å². The average molecular weight is 544 g/mol. The van der Waals surface area contributed by atoms with Crippen LogP contribution in [-0.2, 0) is 14.9 Å². The smallest absolute Gasteiger partial charge is 0.301 e. The van der Waals surface area contributed by atoms with Crippen LogP contribution in [0, 0.1) is 0 Å². The van der Waals surface area contributed by atoms with E-state index in [0.717, 1.165) is 0 Å². The van der Waals surface area contributed by atoms with Gasteiger partial charge >= 0.3 is 10.2 Å². The van der Waals surface area contributed by atoms with Crippen molar-refractivity contribution in [3.63, 3.8) is 0 Å². The molecule has 1 fully saturated rings. The molecule has 2 unspecified atom stereocenters. The minimum atomic E-state index is -4.45. The fourth-order valence-electron chi connectivity index (χ4n) is 4.01. The molecule has 4 atom stereocenters. The number of para-hydroxylation sites is 1. The molecule has 5 rings (SSSR count). The molecule has 2 aromatic heterocycles. The lowest BCUT2D eigenvalue weighted by molar-refractivity contribution is -0.0195. The number of nitrogens with two attached hydrogens (primary N) is 1. The van der Waals surface area contributed by atoms with E-state index in [1.807, 2.05) is 6.07 Å². The van der Waals surface area contributed by atoms with E-state index in [-0.39, 0.29) is 28.4 Å². The van der Waals surface area contributed by atoms with E-state index < -0.39 is 53.0 Å². The van der Waals surface area contributed by atoms with Crippen LogP contribution in [0.15, 0.2) is 60.9 Å². The molecule has 2 aromatic carbocycles. The number of amides is 1. The van der Waals surface area contributed by atoms with Gasteiger partial charge in [-0.2, -0.15) is 13.1 Å². The zero-order valence-electron chi connectivity index (χ0n) is 19.5.